The molecule has 210 valence electrons. The lowest BCUT2D eigenvalue weighted by Crippen LogP contribution is -2.56. The average Bonchev–Trinajstić information content (AvgIpc) is 3.61. The van der Waals surface area contributed by atoms with Gasteiger partial charge in [0, 0.05) is 24.3 Å². The summed E-state index contributed by atoms with van der Waals surface area (Å²) in [4.78, 5) is 43.4. The van der Waals surface area contributed by atoms with Crippen LogP contribution in [0.3, 0.4) is 0 Å². The molecule has 2 aromatic carbocycles. The van der Waals surface area contributed by atoms with Crippen molar-refractivity contribution in [1.29, 1.82) is 0 Å². The summed E-state index contributed by atoms with van der Waals surface area (Å²) in [5.41, 5.74) is 0.220. The number of anilines is 1. The van der Waals surface area contributed by atoms with Gasteiger partial charge in [-0.1, -0.05) is 49.6 Å². The summed E-state index contributed by atoms with van der Waals surface area (Å²) in [7, 11) is 3.16. The quantitative estimate of drug-likeness (QED) is 0.493. The van der Waals surface area contributed by atoms with Gasteiger partial charge in [-0.15, -0.1) is 0 Å². The SMILES string of the molecule is COc1ccc(CN2C(=O)[C@H]3[C@H](C(=O)Nc4cccc(OC)c4)[C@H]4C=C[C@@]3(O4)[C@@H]2C(=O)NC2CCCCC2)cc1. The number of rotatable bonds is 8. The van der Waals surface area contributed by atoms with Gasteiger partial charge in [0.1, 0.15) is 23.1 Å². The van der Waals surface area contributed by atoms with Crippen molar-refractivity contribution in [3.8, 4) is 11.5 Å². The number of likely N-dealkylation sites (tertiary alicyclic amines) is 1. The zero-order valence-electron chi connectivity index (χ0n) is 22.8. The fourth-order valence-electron chi connectivity index (χ4n) is 6.82. The predicted octanol–water partition coefficient (Wildman–Crippen LogP) is 3.44. The molecule has 0 unspecified atom stereocenters. The van der Waals surface area contributed by atoms with Crippen LogP contribution in [0, 0.1) is 11.8 Å². The number of benzene rings is 2. The van der Waals surface area contributed by atoms with Crippen LogP contribution < -0.4 is 20.1 Å². The molecule has 0 aromatic heterocycles. The van der Waals surface area contributed by atoms with Crippen molar-refractivity contribution in [2.45, 2.75) is 62.4 Å². The van der Waals surface area contributed by atoms with Crippen molar-refractivity contribution < 1.29 is 28.6 Å². The molecule has 2 saturated heterocycles. The third-order valence-corrected chi connectivity index (χ3v) is 8.73. The van der Waals surface area contributed by atoms with Gasteiger partial charge in [0.2, 0.25) is 17.7 Å². The minimum absolute atomic E-state index is 0.0735. The van der Waals surface area contributed by atoms with E-state index >= 15 is 0 Å². The molecule has 9 heteroatoms. The number of ether oxygens (including phenoxy) is 3. The fourth-order valence-corrected chi connectivity index (χ4v) is 6.82. The zero-order valence-corrected chi connectivity index (χ0v) is 22.8. The molecular formula is C31H35N3O6. The molecule has 2 aromatic rings. The van der Waals surface area contributed by atoms with Gasteiger partial charge in [-0.25, -0.2) is 0 Å². The van der Waals surface area contributed by atoms with Gasteiger partial charge in [-0.05, 0) is 42.7 Å². The third kappa shape index (κ3) is 4.52. The van der Waals surface area contributed by atoms with Crippen LogP contribution in [0.1, 0.15) is 37.7 Å². The molecule has 4 aliphatic rings. The Labute approximate surface area is 233 Å². The minimum atomic E-state index is -1.21. The summed E-state index contributed by atoms with van der Waals surface area (Å²) in [6, 6.07) is 13.7. The van der Waals surface area contributed by atoms with E-state index in [1.165, 1.54) is 6.42 Å². The summed E-state index contributed by atoms with van der Waals surface area (Å²) in [6.07, 6.45) is 8.24. The lowest BCUT2D eigenvalue weighted by atomic mass is 9.74. The normalized spacial score (nSPS) is 28.9. The van der Waals surface area contributed by atoms with Crippen LogP contribution in [-0.4, -0.2) is 60.6 Å². The maximum atomic E-state index is 14.2. The van der Waals surface area contributed by atoms with Crippen LogP contribution in [0.4, 0.5) is 5.69 Å². The van der Waals surface area contributed by atoms with Gasteiger partial charge < -0.3 is 29.7 Å². The number of amides is 3. The molecule has 6 rings (SSSR count). The van der Waals surface area contributed by atoms with E-state index in [2.05, 4.69) is 10.6 Å². The van der Waals surface area contributed by atoms with Gasteiger partial charge in [-0.2, -0.15) is 0 Å². The average molecular weight is 546 g/mol. The zero-order chi connectivity index (χ0) is 27.9. The van der Waals surface area contributed by atoms with Crippen molar-refractivity contribution >= 4 is 23.4 Å². The highest BCUT2D eigenvalue weighted by atomic mass is 16.5. The molecule has 3 aliphatic heterocycles. The van der Waals surface area contributed by atoms with Crippen LogP contribution in [0.5, 0.6) is 11.5 Å². The third-order valence-electron chi connectivity index (χ3n) is 8.73. The lowest BCUT2D eigenvalue weighted by molar-refractivity contribution is -0.142. The first-order valence-corrected chi connectivity index (χ1v) is 14.0. The van der Waals surface area contributed by atoms with E-state index in [1.807, 2.05) is 36.4 Å². The molecule has 3 amide bonds. The van der Waals surface area contributed by atoms with E-state index in [0.717, 1.165) is 31.2 Å². The maximum absolute atomic E-state index is 14.2. The van der Waals surface area contributed by atoms with Crippen LogP contribution in [0.2, 0.25) is 0 Å². The van der Waals surface area contributed by atoms with Gasteiger partial charge in [-0.3, -0.25) is 14.4 Å². The van der Waals surface area contributed by atoms with Crippen molar-refractivity contribution in [3.63, 3.8) is 0 Å². The van der Waals surface area contributed by atoms with E-state index in [1.54, 1.807) is 43.4 Å². The highest BCUT2D eigenvalue weighted by Crippen LogP contribution is 2.55. The Balaban J connectivity index is 1.31. The van der Waals surface area contributed by atoms with Crippen LogP contribution in [0.25, 0.3) is 0 Å². The van der Waals surface area contributed by atoms with Crippen LogP contribution in [-0.2, 0) is 25.7 Å². The topological polar surface area (TPSA) is 106 Å². The van der Waals surface area contributed by atoms with E-state index in [4.69, 9.17) is 14.2 Å². The van der Waals surface area contributed by atoms with Crippen molar-refractivity contribution in [3.05, 3.63) is 66.2 Å². The Hall–Kier alpha value is -3.85. The molecule has 5 atom stereocenters. The fraction of sp³-hybridized carbons (Fsp3) is 0.452. The van der Waals surface area contributed by atoms with E-state index < -0.39 is 29.6 Å². The molecular weight excluding hydrogens is 510 g/mol. The van der Waals surface area contributed by atoms with Crippen molar-refractivity contribution in [1.82, 2.24) is 10.2 Å². The molecule has 2 bridgehead atoms. The first-order chi connectivity index (χ1) is 19.4. The second kappa shape index (κ2) is 10.6. The maximum Gasteiger partial charge on any atom is 0.246 e. The molecule has 0 radical (unpaired) electrons. The Morgan fingerprint density at radius 2 is 1.75 bits per heavy atom. The highest BCUT2D eigenvalue weighted by molar-refractivity contribution is 6.02. The first-order valence-electron chi connectivity index (χ1n) is 14.0. The van der Waals surface area contributed by atoms with Gasteiger partial charge in [0.05, 0.1) is 32.2 Å². The number of hydrogen-bond acceptors (Lipinski definition) is 6. The largest absolute Gasteiger partial charge is 0.497 e. The summed E-state index contributed by atoms with van der Waals surface area (Å²) < 4.78 is 17.0. The lowest BCUT2D eigenvalue weighted by Gasteiger charge is -2.34. The van der Waals surface area contributed by atoms with E-state index in [-0.39, 0.29) is 30.3 Å². The Bertz CT molecular complexity index is 1320. The monoisotopic (exact) mass is 545 g/mol. The smallest absolute Gasteiger partial charge is 0.246 e. The van der Waals surface area contributed by atoms with Crippen LogP contribution >= 0.6 is 0 Å². The Morgan fingerprint density at radius 1 is 1.00 bits per heavy atom. The molecule has 1 saturated carbocycles. The predicted molar refractivity (Wildman–Crippen MR) is 148 cm³/mol. The van der Waals surface area contributed by atoms with E-state index in [9.17, 15) is 14.4 Å². The second-order valence-electron chi connectivity index (χ2n) is 11.1. The number of nitrogens with zero attached hydrogens (tertiary/aromatic N) is 1. The number of fused-ring (bicyclic) bond motifs is 1. The number of carbonyl (C=O) groups excluding carboxylic acids is 3. The molecule has 9 nitrogen and oxygen atoms in total. The molecule has 3 heterocycles. The van der Waals surface area contributed by atoms with Crippen LogP contribution in [0.15, 0.2) is 60.7 Å². The molecule has 1 spiro atoms. The number of nitrogens with one attached hydrogen (secondary N) is 2. The van der Waals surface area contributed by atoms with Crippen molar-refractivity contribution in [2.24, 2.45) is 11.8 Å². The van der Waals surface area contributed by atoms with Gasteiger partial charge in [0.25, 0.3) is 0 Å². The van der Waals surface area contributed by atoms with Crippen molar-refractivity contribution in [2.75, 3.05) is 19.5 Å². The minimum Gasteiger partial charge on any atom is -0.497 e. The first kappa shape index (κ1) is 26.4. The highest BCUT2D eigenvalue weighted by Gasteiger charge is 2.72. The van der Waals surface area contributed by atoms with E-state index in [0.29, 0.717) is 17.2 Å². The molecule has 1 aliphatic carbocycles. The standard InChI is InChI=1S/C31H35N3O6/c1-38-22-13-11-19(12-14-22)18-34-27(29(36)32-20-7-4-3-5-8-20)31-16-15-24(40-31)25(26(31)30(34)37)28(35)33-21-9-6-10-23(17-21)39-2/h6,9-17,20,24-27H,3-5,7-8,18H2,1-2H3,(H,32,36)(H,33,35)/t24-,25-,26-,27+,31+/m1/s1. The molecule has 40 heavy (non-hydrogen) atoms. The summed E-state index contributed by atoms with van der Waals surface area (Å²) >= 11 is 0. The second-order valence-corrected chi connectivity index (χ2v) is 11.1. The molecule has 3 fully saturated rings. The Kier molecular flexibility index (Phi) is 7.00. The van der Waals surface area contributed by atoms with Gasteiger partial charge >= 0.3 is 0 Å². The number of methoxy groups -OCH3 is 2. The Morgan fingerprint density at radius 3 is 2.48 bits per heavy atom. The van der Waals surface area contributed by atoms with Gasteiger partial charge in [0.15, 0.2) is 0 Å². The summed E-state index contributed by atoms with van der Waals surface area (Å²) in [6.45, 7) is 0.218. The number of hydrogen-bond donors (Lipinski definition) is 2. The summed E-state index contributed by atoms with van der Waals surface area (Å²) in [5.74, 6) is -1.06. The summed E-state index contributed by atoms with van der Waals surface area (Å²) in [5, 5.41) is 6.16. The number of carbonyl (C=O) groups is 3. The molecule has 2 N–H and O–H groups in total.